The van der Waals surface area contributed by atoms with Crippen molar-refractivity contribution in [1.29, 1.82) is 0 Å². The van der Waals surface area contributed by atoms with Crippen LogP contribution in [0.25, 0.3) is 0 Å². The summed E-state index contributed by atoms with van der Waals surface area (Å²) in [6.07, 6.45) is 5.30. The molecule has 98 valence electrons. The first kappa shape index (κ1) is 12.0. The maximum Gasteiger partial charge on any atom is 0.0401 e. The second-order valence-electron chi connectivity index (χ2n) is 6.22. The molecule has 18 heavy (non-hydrogen) atoms. The summed E-state index contributed by atoms with van der Waals surface area (Å²) in [4.78, 5) is 0. The first-order valence-corrected chi connectivity index (χ1v) is 7.22. The number of aryl methyl sites for hydroxylation is 3. The molecule has 2 atom stereocenters. The molecule has 2 saturated heterocycles. The van der Waals surface area contributed by atoms with Crippen molar-refractivity contribution in [3.05, 3.63) is 28.8 Å². The number of anilines is 1. The van der Waals surface area contributed by atoms with Crippen LogP contribution in [0.4, 0.5) is 5.69 Å². The largest absolute Gasteiger partial charge is 0.382 e. The smallest absolute Gasteiger partial charge is 0.0401 e. The summed E-state index contributed by atoms with van der Waals surface area (Å²) in [5.41, 5.74) is 5.50. The predicted molar refractivity (Wildman–Crippen MR) is 77.2 cm³/mol. The Labute approximate surface area is 110 Å². The van der Waals surface area contributed by atoms with Crippen molar-refractivity contribution >= 4 is 5.69 Å². The van der Waals surface area contributed by atoms with Gasteiger partial charge in [0.1, 0.15) is 0 Å². The van der Waals surface area contributed by atoms with E-state index in [4.69, 9.17) is 0 Å². The molecule has 2 unspecified atom stereocenters. The van der Waals surface area contributed by atoms with E-state index < -0.39 is 0 Å². The topological polar surface area (TPSA) is 24.1 Å². The molecule has 2 bridgehead atoms. The van der Waals surface area contributed by atoms with Crippen molar-refractivity contribution < 1.29 is 0 Å². The van der Waals surface area contributed by atoms with Crippen LogP contribution in [0.15, 0.2) is 12.1 Å². The van der Waals surface area contributed by atoms with E-state index in [-0.39, 0.29) is 0 Å². The number of rotatable bonds is 2. The fraction of sp³-hybridized carbons (Fsp3) is 0.625. The minimum Gasteiger partial charge on any atom is -0.382 e. The molecule has 2 aliphatic heterocycles. The van der Waals surface area contributed by atoms with Gasteiger partial charge in [0.2, 0.25) is 0 Å². The zero-order valence-corrected chi connectivity index (χ0v) is 11.7. The molecule has 2 heterocycles. The normalized spacial score (nSPS) is 30.5. The Balaban J connectivity index is 1.77. The lowest BCUT2D eigenvalue weighted by Gasteiger charge is -2.31. The van der Waals surface area contributed by atoms with Crippen LogP contribution in [0.5, 0.6) is 0 Å². The van der Waals surface area contributed by atoms with Gasteiger partial charge in [-0.2, -0.15) is 0 Å². The Morgan fingerprint density at radius 2 is 1.56 bits per heavy atom. The zero-order valence-electron chi connectivity index (χ0n) is 11.7. The van der Waals surface area contributed by atoms with Crippen LogP contribution in [0, 0.1) is 20.8 Å². The highest BCUT2D eigenvalue weighted by molar-refractivity contribution is 5.58. The first-order valence-electron chi connectivity index (χ1n) is 7.22. The number of fused-ring (bicyclic) bond motifs is 2. The minimum absolute atomic E-state index is 0.656. The van der Waals surface area contributed by atoms with E-state index in [0.717, 1.165) is 12.1 Å². The average Bonchev–Trinajstić information content (AvgIpc) is 2.63. The number of hydrogen-bond donors (Lipinski definition) is 2. The van der Waals surface area contributed by atoms with Gasteiger partial charge in [0.05, 0.1) is 0 Å². The highest BCUT2D eigenvalue weighted by Crippen LogP contribution is 2.31. The Bertz CT molecular complexity index is 417. The Kier molecular flexibility index (Phi) is 3.06. The molecule has 3 rings (SSSR count). The number of hydrogen-bond acceptors (Lipinski definition) is 2. The monoisotopic (exact) mass is 244 g/mol. The summed E-state index contributed by atoms with van der Waals surface area (Å²) >= 11 is 0. The second kappa shape index (κ2) is 4.58. The summed E-state index contributed by atoms with van der Waals surface area (Å²) in [6.45, 7) is 6.62. The van der Waals surface area contributed by atoms with Gasteiger partial charge in [-0.05, 0) is 57.6 Å². The molecule has 2 aliphatic rings. The fourth-order valence-corrected chi connectivity index (χ4v) is 3.79. The van der Waals surface area contributed by atoms with Gasteiger partial charge in [0.15, 0.2) is 0 Å². The van der Waals surface area contributed by atoms with Gasteiger partial charge >= 0.3 is 0 Å². The van der Waals surface area contributed by atoms with E-state index >= 15 is 0 Å². The van der Waals surface area contributed by atoms with E-state index in [1.807, 2.05) is 0 Å². The number of benzene rings is 1. The van der Waals surface area contributed by atoms with Crippen LogP contribution in [0.2, 0.25) is 0 Å². The summed E-state index contributed by atoms with van der Waals surface area (Å²) < 4.78 is 0. The molecule has 0 radical (unpaired) electrons. The van der Waals surface area contributed by atoms with Crippen LogP contribution < -0.4 is 10.6 Å². The van der Waals surface area contributed by atoms with Gasteiger partial charge < -0.3 is 10.6 Å². The molecule has 0 aliphatic carbocycles. The molecular weight excluding hydrogens is 220 g/mol. The molecule has 2 fully saturated rings. The van der Waals surface area contributed by atoms with Crippen LogP contribution in [0.3, 0.4) is 0 Å². The van der Waals surface area contributed by atoms with Crippen LogP contribution in [0.1, 0.15) is 42.4 Å². The lowest BCUT2D eigenvalue weighted by atomic mass is 9.97. The van der Waals surface area contributed by atoms with E-state index in [0.29, 0.717) is 6.04 Å². The minimum atomic E-state index is 0.656. The highest BCUT2D eigenvalue weighted by atomic mass is 15.0. The number of nitrogens with one attached hydrogen (secondary N) is 2. The first-order chi connectivity index (χ1) is 8.61. The van der Waals surface area contributed by atoms with Gasteiger partial charge in [-0.1, -0.05) is 17.7 Å². The van der Waals surface area contributed by atoms with Crippen molar-refractivity contribution in [3.63, 3.8) is 0 Å². The molecule has 2 heteroatoms. The van der Waals surface area contributed by atoms with Crippen LogP contribution in [-0.2, 0) is 0 Å². The third-order valence-electron chi connectivity index (χ3n) is 4.50. The third kappa shape index (κ3) is 2.26. The van der Waals surface area contributed by atoms with E-state index in [2.05, 4.69) is 43.5 Å². The predicted octanol–water partition coefficient (Wildman–Crippen LogP) is 3.31. The van der Waals surface area contributed by atoms with Gasteiger partial charge in [0, 0.05) is 23.8 Å². The molecule has 2 N–H and O–H groups in total. The Morgan fingerprint density at radius 3 is 2.11 bits per heavy atom. The third-order valence-corrected chi connectivity index (χ3v) is 4.50. The number of piperidine rings is 1. The van der Waals surface area contributed by atoms with Gasteiger partial charge in [-0.15, -0.1) is 0 Å². The van der Waals surface area contributed by atoms with E-state index in [1.165, 1.54) is 48.1 Å². The van der Waals surface area contributed by atoms with Crippen molar-refractivity contribution in [1.82, 2.24) is 5.32 Å². The summed E-state index contributed by atoms with van der Waals surface area (Å²) in [5, 5.41) is 7.51. The van der Waals surface area contributed by atoms with Crippen molar-refractivity contribution in [2.45, 2.75) is 64.6 Å². The van der Waals surface area contributed by atoms with Crippen molar-refractivity contribution in [3.8, 4) is 0 Å². The van der Waals surface area contributed by atoms with Crippen molar-refractivity contribution in [2.75, 3.05) is 5.32 Å². The maximum atomic E-state index is 3.81. The fourth-order valence-electron chi connectivity index (χ4n) is 3.79. The lowest BCUT2D eigenvalue weighted by molar-refractivity contribution is 0.378. The highest BCUT2D eigenvalue weighted by Gasteiger charge is 2.33. The SMILES string of the molecule is Cc1cc(C)c(NC2CC3CCC(C2)N3)c(C)c1. The van der Waals surface area contributed by atoms with Crippen molar-refractivity contribution in [2.24, 2.45) is 0 Å². The van der Waals surface area contributed by atoms with Gasteiger partial charge in [-0.25, -0.2) is 0 Å². The Hall–Kier alpha value is -1.02. The standard InChI is InChI=1S/C16H24N2/c1-10-6-11(2)16(12(3)7-10)18-15-8-13-4-5-14(9-15)17-13/h6-7,13-15,17-18H,4-5,8-9H2,1-3H3. The van der Waals surface area contributed by atoms with Crippen LogP contribution >= 0.6 is 0 Å². The summed E-state index contributed by atoms with van der Waals surface area (Å²) in [5.74, 6) is 0. The Morgan fingerprint density at radius 1 is 1.00 bits per heavy atom. The molecule has 1 aromatic carbocycles. The maximum absolute atomic E-state index is 3.81. The van der Waals surface area contributed by atoms with E-state index in [9.17, 15) is 0 Å². The molecule has 0 saturated carbocycles. The average molecular weight is 244 g/mol. The van der Waals surface area contributed by atoms with Gasteiger partial charge in [0.25, 0.3) is 0 Å². The molecule has 0 aromatic heterocycles. The zero-order chi connectivity index (χ0) is 12.7. The molecule has 0 spiro atoms. The summed E-state index contributed by atoms with van der Waals surface area (Å²) in [6, 6.07) is 6.74. The summed E-state index contributed by atoms with van der Waals surface area (Å²) in [7, 11) is 0. The lowest BCUT2D eigenvalue weighted by Crippen LogP contribution is -2.43. The quantitative estimate of drug-likeness (QED) is 0.834. The molecular formula is C16H24N2. The second-order valence-corrected chi connectivity index (χ2v) is 6.22. The molecule has 1 aromatic rings. The van der Waals surface area contributed by atoms with Gasteiger partial charge in [-0.3, -0.25) is 0 Å². The molecule has 0 amide bonds. The van der Waals surface area contributed by atoms with Crippen LogP contribution in [-0.4, -0.2) is 18.1 Å². The van der Waals surface area contributed by atoms with E-state index in [1.54, 1.807) is 0 Å². The molecule has 2 nitrogen and oxygen atoms in total.